The number of anilines is 2. The quantitative estimate of drug-likeness (QED) is 0.124. The van der Waals surface area contributed by atoms with Gasteiger partial charge in [0.05, 0.1) is 23.5 Å². The third-order valence-electron chi connectivity index (χ3n) is 10.5. The summed E-state index contributed by atoms with van der Waals surface area (Å²) in [6, 6.07) is 34.0. The molecule has 0 unspecified atom stereocenters. The fourth-order valence-electron chi connectivity index (χ4n) is 7.46. The molecule has 0 spiro atoms. The normalized spacial score (nSPS) is 16.0. The zero-order valence-corrected chi connectivity index (χ0v) is 36.5. The monoisotopic (exact) mass is 870 g/mol. The molecule has 12 nitrogen and oxygen atoms in total. The third-order valence-corrected chi connectivity index (χ3v) is 12.4. The molecule has 2 aliphatic rings. The number of rotatable bonds is 12. The molecule has 320 valence electrons. The van der Waals surface area contributed by atoms with Crippen LogP contribution in [0.3, 0.4) is 0 Å². The fourth-order valence-corrected chi connectivity index (χ4v) is 9.41. The number of carbonyl (C=O) groups excluding carboxylic acids is 4. The van der Waals surface area contributed by atoms with E-state index in [4.69, 9.17) is 19.4 Å². The van der Waals surface area contributed by atoms with Crippen LogP contribution in [0.5, 0.6) is 11.5 Å². The first-order chi connectivity index (χ1) is 30.2. The smallest absolute Gasteiger partial charge is 0.261 e. The molecular weight excluding hydrogens is 821 g/mol. The van der Waals surface area contributed by atoms with Gasteiger partial charge in [-0.15, -0.1) is 22.7 Å². The van der Waals surface area contributed by atoms with E-state index < -0.39 is 0 Å². The van der Waals surface area contributed by atoms with E-state index >= 15 is 0 Å². The molecule has 2 N–H and O–H groups in total. The SMILES string of the molecule is CC(=O)Nc1ccc(-c2csc([C@H]3CCCCN3C(=O)COc3ccccc3)n2)cc1.CC(=O)Nc1ccc(-c2csc([C@H]3CCCCN3C(=O)COc3ccccc3)n2)cc1. The number of ether oxygens (including phenoxy) is 2. The first kappa shape index (κ1) is 43.7. The van der Waals surface area contributed by atoms with Gasteiger partial charge in [0.1, 0.15) is 21.5 Å². The van der Waals surface area contributed by atoms with Gasteiger partial charge in [0.15, 0.2) is 13.2 Å². The second kappa shape index (κ2) is 21.4. The fraction of sp³-hybridized carbons (Fsp3) is 0.292. The summed E-state index contributed by atoms with van der Waals surface area (Å²) in [6.07, 6.45) is 5.96. The van der Waals surface area contributed by atoms with Crippen LogP contribution in [0.25, 0.3) is 22.5 Å². The molecule has 4 heterocycles. The number of nitrogens with one attached hydrogen (secondary N) is 2. The van der Waals surface area contributed by atoms with Gasteiger partial charge in [0, 0.05) is 60.2 Å². The molecule has 2 atom stereocenters. The predicted octanol–water partition coefficient (Wildman–Crippen LogP) is 9.80. The van der Waals surface area contributed by atoms with Gasteiger partial charge in [0.2, 0.25) is 11.8 Å². The summed E-state index contributed by atoms with van der Waals surface area (Å²) in [5, 5.41) is 11.5. The number of thiazole rings is 2. The summed E-state index contributed by atoms with van der Waals surface area (Å²) in [5.41, 5.74) is 5.25. The molecule has 8 rings (SSSR count). The number of para-hydroxylation sites is 2. The summed E-state index contributed by atoms with van der Waals surface area (Å²) in [7, 11) is 0. The average molecular weight is 871 g/mol. The van der Waals surface area contributed by atoms with Crippen LogP contribution in [0, 0.1) is 0 Å². The van der Waals surface area contributed by atoms with Crippen molar-refractivity contribution in [1.29, 1.82) is 0 Å². The van der Waals surface area contributed by atoms with Crippen LogP contribution in [0.1, 0.15) is 74.5 Å². The Bertz CT molecular complexity index is 2240. The van der Waals surface area contributed by atoms with Crippen molar-refractivity contribution in [2.75, 3.05) is 36.9 Å². The van der Waals surface area contributed by atoms with Crippen molar-refractivity contribution in [2.45, 2.75) is 64.5 Å². The number of likely N-dealkylation sites (tertiary alicyclic amines) is 2. The van der Waals surface area contributed by atoms with Gasteiger partial charge >= 0.3 is 0 Å². The highest BCUT2D eigenvalue weighted by molar-refractivity contribution is 7.10. The van der Waals surface area contributed by atoms with Gasteiger partial charge in [-0.1, -0.05) is 60.7 Å². The number of amides is 4. The molecule has 4 amide bonds. The number of nitrogens with zero attached hydrogens (tertiary/aromatic N) is 4. The molecule has 2 aliphatic heterocycles. The maximum Gasteiger partial charge on any atom is 0.261 e. The molecule has 0 bridgehead atoms. The lowest BCUT2D eigenvalue weighted by Crippen LogP contribution is -2.41. The molecule has 2 fully saturated rings. The summed E-state index contributed by atoms with van der Waals surface area (Å²) >= 11 is 3.17. The van der Waals surface area contributed by atoms with Crippen molar-refractivity contribution >= 4 is 57.7 Å². The molecule has 0 aliphatic carbocycles. The van der Waals surface area contributed by atoms with E-state index in [2.05, 4.69) is 10.6 Å². The summed E-state index contributed by atoms with van der Waals surface area (Å²) < 4.78 is 11.4. The highest BCUT2D eigenvalue weighted by Crippen LogP contribution is 2.37. The summed E-state index contributed by atoms with van der Waals surface area (Å²) in [4.78, 5) is 61.7. The maximum atomic E-state index is 12.9. The minimum atomic E-state index is -0.0954. The lowest BCUT2D eigenvalue weighted by atomic mass is 10.0. The Morgan fingerprint density at radius 3 is 1.32 bits per heavy atom. The number of piperidine rings is 2. The maximum absolute atomic E-state index is 12.9. The molecule has 0 saturated carbocycles. The first-order valence-corrected chi connectivity index (χ1v) is 22.6. The van der Waals surface area contributed by atoms with E-state index in [1.807, 2.05) is 130 Å². The van der Waals surface area contributed by atoms with Crippen LogP contribution in [0.4, 0.5) is 11.4 Å². The molecule has 4 aromatic carbocycles. The molecule has 0 radical (unpaired) electrons. The molecule has 14 heteroatoms. The van der Waals surface area contributed by atoms with Crippen LogP contribution >= 0.6 is 22.7 Å². The predicted molar refractivity (Wildman–Crippen MR) is 244 cm³/mol. The number of carbonyl (C=O) groups is 4. The third kappa shape index (κ3) is 11.9. The number of hydrogen-bond acceptors (Lipinski definition) is 10. The van der Waals surface area contributed by atoms with E-state index in [-0.39, 0.29) is 48.9 Å². The Hall–Kier alpha value is -6.38. The Labute approximate surface area is 369 Å². The highest BCUT2D eigenvalue weighted by atomic mass is 32.1. The second-order valence-corrected chi connectivity index (χ2v) is 16.8. The van der Waals surface area contributed by atoms with E-state index in [1.54, 1.807) is 22.7 Å². The number of benzene rings is 4. The lowest BCUT2D eigenvalue weighted by Gasteiger charge is -2.34. The van der Waals surface area contributed by atoms with Gasteiger partial charge < -0.3 is 29.9 Å². The largest absolute Gasteiger partial charge is 0.484 e. The molecule has 6 aromatic rings. The van der Waals surface area contributed by atoms with Gasteiger partial charge in [-0.25, -0.2) is 9.97 Å². The number of aromatic nitrogens is 2. The Morgan fingerprint density at radius 2 is 0.952 bits per heavy atom. The van der Waals surface area contributed by atoms with E-state index in [0.717, 1.165) is 95.5 Å². The minimum Gasteiger partial charge on any atom is -0.484 e. The zero-order chi connectivity index (χ0) is 43.3. The molecule has 2 aromatic heterocycles. The van der Waals surface area contributed by atoms with Gasteiger partial charge in [-0.3, -0.25) is 19.2 Å². The minimum absolute atomic E-state index is 0.00929. The standard InChI is InChI=1S/2C24H25N3O3S/c2*1-17(28)25-19-12-10-18(11-13-19)21-16-31-24(26-21)22-9-5-6-14-27(22)23(29)15-30-20-7-3-2-4-8-20/h2*2-4,7-8,10-13,16,22H,5-6,9,14-15H2,1H3,(H,25,28)/t2*22-/m11/s1. The van der Waals surface area contributed by atoms with E-state index in [0.29, 0.717) is 11.5 Å². The highest BCUT2D eigenvalue weighted by Gasteiger charge is 2.32. The van der Waals surface area contributed by atoms with Crippen molar-refractivity contribution in [3.8, 4) is 34.0 Å². The summed E-state index contributed by atoms with van der Waals surface area (Å²) in [5.74, 6) is 1.19. The van der Waals surface area contributed by atoms with Crippen molar-refractivity contribution < 1.29 is 28.7 Å². The lowest BCUT2D eigenvalue weighted by molar-refractivity contribution is -0.138. The van der Waals surface area contributed by atoms with Crippen LogP contribution in [-0.2, 0) is 19.2 Å². The van der Waals surface area contributed by atoms with Crippen molar-refractivity contribution in [3.05, 3.63) is 130 Å². The average Bonchev–Trinajstić information content (AvgIpc) is 4.00. The van der Waals surface area contributed by atoms with Crippen molar-refractivity contribution in [1.82, 2.24) is 19.8 Å². The van der Waals surface area contributed by atoms with Gasteiger partial charge in [-0.2, -0.15) is 0 Å². The van der Waals surface area contributed by atoms with Gasteiger partial charge in [-0.05, 0) is 87.1 Å². The van der Waals surface area contributed by atoms with Crippen LogP contribution in [-0.4, -0.2) is 69.7 Å². The second-order valence-electron chi connectivity index (χ2n) is 15.1. The summed E-state index contributed by atoms with van der Waals surface area (Å²) in [6.45, 7) is 4.49. The van der Waals surface area contributed by atoms with Crippen LogP contribution in [0.15, 0.2) is 120 Å². The molecular formula is C48H50N6O6S2. The van der Waals surface area contributed by atoms with Crippen molar-refractivity contribution in [3.63, 3.8) is 0 Å². The topological polar surface area (TPSA) is 143 Å². The van der Waals surface area contributed by atoms with Crippen LogP contribution < -0.4 is 20.1 Å². The Morgan fingerprint density at radius 1 is 0.565 bits per heavy atom. The molecule has 62 heavy (non-hydrogen) atoms. The number of hydrogen-bond donors (Lipinski definition) is 2. The molecule has 2 saturated heterocycles. The van der Waals surface area contributed by atoms with E-state index in [9.17, 15) is 19.2 Å². The Balaban J connectivity index is 0.000000186. The Kier molecular flexibility index (Phi) is 15.1. The van der Waals surface area contributed by atoms with E-state index in [1.165, 1.54) is 13.8 Å². The van der Waals surface area contributed by atoms with Crippen molar-refractivity contribution in [2.24, 2.45) is 0 Å². The van der Waals surface area contributed by atoms with Crippen LogP contribution in [0.2, 0.25) is 0 Å². The zero-order valence-electron chi connectivity index (χ0n) is 34.8. The van der Waals surface area contributed by atoms with Gasteiger partial charge in [0.25, 0.3) is 11.8 Å². The first-order valence-electron chi connectivity index (χ1n) is 20.8.